The zero-order valence-electron chi connectivity index (χ0n) is 12.3. The van der Waals surface area contributed by atoms with Gasteiger partial charge in [-0.25, -0.2) is 4.98 Å². The van der Waals surface area contributed by atoms with Crippen molar-refractivity contribution in [2.75, 3.05) is 12.3 Å². The molecule has 1 aromatic carbocycles. The van der Waals surface area contributed by atoms with E-state index < -0.39 is 0 Å². The lowest BCUT2D eigenvalue weighted by molar-refractivity contribution is -0.119. The Balaban J connectivity index is 0.00000242. The number of hydrogen-bond acceptors (Lipinski definition) is 5. The number of aromatic nitrogens is 1. The fourth-order valence-corrected chi connectivity index (χ4v) is 2.42. The summed E-state index contributed by atoms with van der Waals surface area (Å²) in [6.45, 7) is 2.33. The molecule has 5 nitrogen and oxygen atoms in total. The van der Waals surface area contributed by atoms with Gasteiger partial charge in [0.25, 0.3) is 0 Å². The molecule has 1 amide bonds. The topological polar surface area (TPSA) is 81.1 Å². The first-order valence-electron chi connectivity index (χ1n) is 6.76. The molecule has 22 heavy (non-hydrogen) atoms. The summed E-state index contributed by atoms with van der Waals surface area (Å²) in [5.74, 6) is 1.62. The van der Waals surface area contributed by atoms with Crippen molar-refractivity contribution in [1.82, 2.24) is 10.3 Å². The lowest BCUT2D eigenvalue weighted by Gasteiger charge is -2.10. The summed E-state index contributed by atoms with van der Waals surface area (Å²) in [6.07, 6.45) is 1.63. The molecule has 0 bridgehead atoms. The quantitative estimate of drug-likeness (QED) is 0.808. The molecule has 0 unspecified atom stereocenters. The smallest absolute Gasteiger partial charge is 0.230 e. The molecule has 0 aliphatic rings. The van der Waals surface area contributed by atoms with Crippen LogP contribution in [0, 0.1) is 0 Å². The van der Waals surface area contributed by atoms with E-state index in [1.165, 1.54) is 11.8 Å². The number of oxazole rings is 1. The lowest BCUT2D eigenvalue weighted by atomic mass is 10.2. The number of hydrogen-bond donors (Lipinski definition) is 2. The second-order valence-corrected chi connectivity index (χ2v) is 5.69. The van der Waals surface area contributed by atoms with E-state index in [0.29, 0.717) is 23.9 Å². The van der Waals surface area contributed by atoms with Gasteiger partial charge in [-0.05, 0) is 19.1 Å². The van der Waals surface area contributed by atoms with Gasteiger partial charge in [0.05, 0.1) is 11.4 Å². The number of amides is 1. The van der Waals surface area contributed by atoms with Crippen LogP contribution in [0.5, 0.6) is 0 Å². The first-order valence-corrected chi connectivity index (χ1v) is 7.91. The maximum atomic E-state index is 11.6. The second-order valence-electron chi connectivity index (χ2n) is 4.71. The molecule has 0 fully saturated rings. The fourth-order valence-electron chi connectivity index (χ4n) is 1.71. The molecule has 2 rings (SSSR count). The minimum absolute atomic E-state index is 0. The van der Waals surface area contributed by atoms with E-state index in [4.69, 9.17) is 10.2 Å². The predicted octanol–water partition coefficient (Wildman–Crippen LogP) is 2.46. The van der Waals surface area contributed by atoms with Gasteiger partial charge in [-0.2, -0.15) is 0 Å². The number of rotatable bonds is 7. The molecule has 0 spiro atoms. The van der Waals surface area contributed by atoms with Gasteiger partial charge in [-0.1, -0.05) is 18.2 Å². The Morgan fingerprint density at radius 1 is 1.41 bits per heavy atom. The van der Waals surface area contributed by atoms with Crippen molar-refractivity contribution in [1.29, 1.82) is 0 Å². The van der Waals surface area contributed by atoms with Crippen LogP contribution in [0.3, 0.4) is 0 Å². The summed E-state index contributed by atoms with van der Waals surface area (Å²) in [7, 11) is 0. The third-order valence-corrected chi connectivity index (χ3v) is 3.78. The van der Waals surface area contributed by atoms with Crippen molar-refractivity contribution >= 4 is 30.1 Å². The Hall–Kier alpha value is -1.50. The number of nitrogens with zero attached hydrogens (tertiary/aromatic N) is 1. The van der Waals surface area contributed by atoms with Crippen molar-refractivity contribution in [3.63, 3.8) is 0 Å². The van der Waals surface area contributed by atoms with E-state index >= 15 is 0 Å². The van der Waals surface area contributed by atoms with Gasteiger partial charge in [-0.3, -0.25) is 4.79 Å². The van der Waals surface area contributed by atoms with Crippen LogP contribution in [0.15, 0.2) is 41.0 Å². The Morgan fingerprint density at radius 2 is 2.14 bits per heavy atom. The number of nitrogens with one attached hydrogen (secondary N) is 1. The number of carbonyl (C=O) groups is 1. The number of nitrogens with two attached hydrogens (primary N) is 1. The molecule has 3 N–H and O–H groups in total. The van der Waals surface area contributed by atoms with Gasteiger partial charge in [0, 0.05) is 23.9 Å². The molecule has 1 aromatic heterocycles. The number of benzene rings is 1. The normalized spacial score (nSPS) is 11.5. The molecule has 2 aromatic rings. The highest BCUT2D eigenvalue weighted by Crippen LogP contribution is 2.20. The highest BCUT2D eigenvalue weighted by molar-refractivity contribution is 7.99. The van der Waals surface area contributed by atoms with E-state index in [-0.39, 0.29) is 24.4 Å². The predicted molar refractivity (Wildman–Crippen MR) is 92.0 cm³/mol. The maximum Gasteiger partial charge on any atom is 0.230 e. The number of thioether (sulfide) groups is 1. The largest absolute Gasteiger partial charge is 0.444 e. The van der Waals surface area contributed by atoms with Gasteiger partial charge in [0.15, 0.2) is 0 Å². The van der Waals surface area contributed by atoms with Crippen LogP contribution in [0.1, 0.15) is 12.6 Å². The average molecular weight is 342 g/mol. The van der Waals surface area contributed by atoms with Crippen molar-refractivity contribution in [2.24, 2.45) is 5.73 Å². The highest BCUT2D eigenvalue weighted by atomic mass is 35.5. The second kappa shape index (κ2) is 9.50. The summed E-state index contributed by atoms with van der Waals surface area (Å²) < 4.78 is 5.45. The first kappa shape index (κ1) is 18.5. The number of halogens is 1. The van der Waals surface area contributed by atoms with Crippen LogP contribution >= 0.6 is 24.2 Å². The molecule has 0 saturated heterocycles. The van der Waals surface area contributed by atoms with E-state index in [2.05, 4.69) is 10.3 Å². The lowest BCUT2D eigenvalue weighted by Crippen LogP contribution is -2.38. The Bertz CT molecular complexity index is 577. The van der Waals surface area contributed by atoms with Crippen LogP contribution in [0.4, 0.5) is 0 Å². The van der Waals surface area contributed by atoms with Gasteiger partial charge in [-0.15, -0.1) is 24.2 Å². The van der Waals surface area contributed by atoms with E-state index in [1.807, 2.05) is 37.3 Å². The molecule has 0 radical (unpaired) electrons. The van der Waals surface area contributed by atoms with Gasteiger partial charge in [0.1, 0.15) is 6.26 Å². The molecule has 0 saturated carbocycles. The van der Waals surface area contributed by atoms with E-state index in [9.17, 15) is 4.79 Å². The van der Waals surface area contributed by atoms with Crippen LogP contribution in [-0.4, -0.2) is 29.2 Å². The van der Waals surface area contributed by atoms with E-state index in [1.54, 1.807) is 6.26 Å². The molecule has 0 aliphatic heterocycles. The van der Waals surface area contributed by atoms with Gasteiger partial charge < -0.3 is 15.5 Å². The van der Waals surface area contributed by atoms with Crippen LogP contribution in [-0.2, 0) is 10.5 Å². The number of carbonyl (C=O) groups excluding carboxylic acids is 1. The van der Waals surface area contributed by atoms with Crippen molar-refractivity contribution in [3.8, 4) is 11.5 Å². The molecule has 120 valence electrons. The highest BCUT2D eigenvalue weighted by Gasteiger charge is 2.09. The third-order valence-electron chi connectivity index (χ3n) is 2.82. The molecule has 1 atom stereocenters. The SMILES string of the molecule is C[C@@H](CN)NC(=O)CSCc1coc(-c2ccccc2)n1.Cl. The summed E-state index contributed by atoms with van der Waals surface area (Å²) in [6, 6.07) is 9.74. The first-order chi connectivity index (χ1) is 10.2. The minimum atomic E-state index is -0.00951. The zero-order chi connectivity index (χ0) is 15.1. The fraction of sp³-hybridized carbons (Fsp3) is 0.333. The average Bonchev–Trinajstić information content (AvgIpc) is 2.97. The van der Waals surface area contributed by atoms with Crippen molar-refractivity contribution < 1.29 is 9.21 Å². The molecular formula is C15H20ClN3O2S. The van der Waals surface area contributed by atoms with Crippen molar-refractivity contribution in [3.05, 3.63) is 42.3 Å². The molecule has 0 aliphatic carbocycles. The standard InChI is InChI=1S/C15H19N3O2S.ClH/c1-11(7-16)17-14(19)10-21-9-13-8-20-15(18-13)12-5-3-2-4-6-12;/h2-6,8,11H,7,9-10,16H2,1H3,(H,17,19);1H/t11-;/m0./s1. The Kier molecular flexibility index (Phi) is 8.01. The van der Waals surface area contributed by atoms with Gasteiger partial charge in [0.2, 0.25) is 11.8 Å². The van der Waals surface area contributed by atoms with Crippen LogP contribution < -0.4 is 11.1 Å². The van der Waals surface area contributed by atoms with Crippen molar-refractivity contribution in [2.45, 2.75) is 18.7 Å². The monoisotopic (exact) mass is 341 g/mol. The third kappa shape index (κ3) is 5.71. The van der Waals surface area contributed by atoms with Crippen LogP contribution in [0.25, 0.3) is 11.5 Å². The summed E-state index contributed by atoms with van der Waals surface area (Å²) in [5.41, 5.74) is 7.23. The summed E-state index contributed by atoms with van der Waals surface area (Å²) in [5, 5.41) is 2.82. The summed E-state index contributed by atoms with van der Waals surface area (Å²) >= 11 is 1.50. The zero-order valence-corrected chi connectivity index (χ0v) is 14.0. The molecule has 1 heterocycles. The minimum Gasteiger partial charge on any atom is -0.444 e. The summed E-state index contributed by atoms with van der Waals surface area (Å²) in [4.78, 5) is 16.0. The molecular weight excluding hydrogens is 322 g/mol. The maximum absolute atomic E-state index is 11.6. The Labute approximate surface area is 140 Å². The van der Waals surface area contributed by atoms with Gasteiger partial charge >= 0.3 is 0 Å². The van der Waals surface area contributed by atoms with Crippen LogP contribution in [0.2, 0.25) is 0 Å². The van der Waals surface area contributed by atoms with E-state index in [0.717, 1.165) is 11.3 Å². The molecule has 7 heteroatoms. The Morgan fingerprint density at radius 3 is 2.82 bits per heavy atom.